The summed E-state index contributed by atoms with van der Waals surface area (Å²) in [6.45, 7) is 3.12. The van der Waals surface area contributed by atoms with Crippen LogP contribution < -0.4 is 10.1 Å². The first kappa shape index (κ1) is 14.1. The molecule has 2 aromatic rings. The van der Waals surface area contributed by atoms with Gasteiger partial charge in [-0.25, -0.2) is 4.98 Å². The molecule has 0 amide bonds. The van der Waals surface area contributed by atoms with E-state index in [2.05, 4.69) is 31.2 Å². The highest BCUT2D eigenvalue weighted by molar-refractivity contribution is 9.10. The van der Waals surface area contributed by atoms with Gasteiger partial charge in [-0.2, -0.15) is 4.98 Å². The molecule has 0 atom stereocenters. The summed E-state index contributed by atoms with van der Waals surface area (Å²) in [5.74, 6) is 0.892. The Morgan fingerprint density at radius 2 is 2.26 bits per heavy atom. The zero-order chi connectivity index (χ0) is 13.7. The van der Waals surface area contributed by atoms with Crippen LogP contribution in [0.4, 0.5) is 5.95 Å². The molecule has 19 heavy (non-hydrogen) atoms. The second-order valence-corrected chi connectivity index (χ2v) is 5.12. The van der Waals surface area contributed by atoms with Gasteiger partial charge in [0.15, 0.2) is 0 Å². The van der Waals surface area contributed by atoms with Crippen molar-refractivity contribution in [1.82, 2.24) is 9.97 Å². The molecule has 0 aliphatic carbocycles. The molecule has 0 radical (unpaired) electrons. The van der Waals surface area contributed by atoms with E-state index in [0.717, 1.165) is 16.6 Å². The van der Waals surface area contributed by atoms with Crippen molar-refractivity contribution in [3.63, 3.8) is 0 Å². The van der Waals surface area contributed by atoms with E-state index in [-0.39, 0.29) is 0 Å². The third-order valence-corrected chi connectivity index (χ3v) is 3.06. The quantitative estimate of drug-likeness (QED) is 0.895. The van der Waals surface area contributed by atoms with E-state index in [4.69, 9.17) is 16.3 Å². The molecular formula is C13H13BrClN3O. The predicted octanol–water partition coefficient (Wildman–Crippen LogP) is 3.90. The minimum absolute atomic E-state index is 0.382. The second kappa shape index (κ2) is 6.73. The van der Waals surface area contributed by atoms with Crippen molar-refractivity contribution < 1.29 is 4.74 Å². The number of rotatable bonds is 5. The third kappa shape index (κ3) is 4.08. The highest BCUT2D eigenvalue weighted by atomic mass is 79.9. The second-order valence-electron chi connectivity index (χ2n) is 3.80. The van der Waals surface area contributed by atoms with Gasteiger partial charge in [0, 0.05) is 11.0 Å². The number of hydrogen-bond donors (Lipinski definition) is 1. The Labute approximate surface area is 125 Å². The molecule has 1 aromatic carbocycles. The minimum Gasteiger partial charge on any atom is -0.472 e. The Morgan fingerprint density at radius 1 is 1.42 bits per heavy atom. The molecule has 0 fully saturated rings. The SMILES string of the molecule is CCNc1ncc(Cl)c(OCc2cccc(Br)c2)n1. The Hall–Kier alpha value is -1.33. The van der Waals surface area contributed by atoms with Gasteiger partial charge in [0.05, 0.1) is 6.20 Å². The molecule has 100 valence electrons. The highest BCUT2D eigenvalue weighted by Gasteiger charge is 2.06. The standard InChI is InChI=1S/C13H13BrClN3O/c1-2-16-13-17-7-11(15)12(18-13)19-8-9-4-3-5-10(14)6-9/h3-7H,2,8H2,1H3,(H,16,17,18). The molecule has 0 aliphatic rings. The van der Waals surface area contributed by atoms with Crippen LogP contribution in [0.1, 0.15) is 12.5 Å². The molecule has 2 rings (SSSR count). The molecule has 6 heteroatoms. The summed E-state index contributed by atoms with van der Waals surface area (Å²) in [6, 6.07) is 7.88. The smallest absolute Gasteiger partial charge is 0.237 e. The van der Waals surface area contributed by atoms with Crippen LogP contribution in [0.15, 0.2) is 34.9 Å². The van der Waals surface area contributed by atoms with Gasteiger partial charge in [0.2, 0.25) is 11.8 Å². The van der Waals surface area contributed by atoms with Crippen molar-refractivity contribution in [1.29, 1.82) is 0 Å². The largest absolute Gasteiger partial charge is 0.472 e. The van der Waals surface area contributed by atoms with Crippen LogP contribution in [0, 0.1) is 0 Å². The zero-order valence-corrected chi connectivity index (χ0v) is 12.7. The van der Waals surface area contributed by atoms with Crippen LogP contribution in [0.25, 0.3) is 0 Å². The summed E-state index contributed by atoms with van der Waals surface area (Å²) in [4.78, 5) is 8.27. The minimum atomic E-state index is 0.382. The summed E-state index contributed by atoms with van der Waals surface area (Å²) in [5, 5.41) is 3.41. The fraction of sp³-hybridized carbons (Fsp3) is 0.231. The normalized spacial score (nSPS) is 10.3. The molecule has 4 nitrogen and oxygen atoms in total. The van der Waals surface area contributed by atoms with Crippen molar-refractivity contribution in [2.45, 2.75) is 13.5 Å². The average Bonchev–Trinajstić information content (AvgIpc) is 2.40. The number of halogens is 2. The number of nitrogens with one attached hydrogen (secondary N) is 1. The van der Waals surface area contributed by atoms with Crippen LogP contribution in [0.3, 0.4) is 0 Å². The lowest BCUT2D eigenvalue weighted by Crippen LogP contribution is -2.04. The van der Waals surface area contributed by atoms with Gasteiger partial charge in [-0.1, -0.05) is 39.7 Å². The van der Waals surface area contributed by atoms with E-state index in [1.54, 1.807) is 0 Å². The van der Waals surface area contributed by atoms with E-state index in [0.29, 0.717) is 23.5 Å². The van der Waals surface area contributed by atoms with E-state index in [1.165, 1.54) is 6.20 Å². The van der Waals surface area contributed by atoms with E-state index >= 15 is 0 Å². The van der Waals surface area contributed by atoms with Gasteiger partial charge >= 0.3 is 0 Å². The molecule has 0 spiro atoms. The van der Waals surface area contributed by atoms with Gasteiger partial charge in [-0.15, -0.1) is 0 Å². The monoisotopic (exact) mass is 341 g/mol. The maximum atomic E-state index is 6.01. The summed E-state index contributed by atoms with van der Waals surface area (Å²) >= 11 is 9.42. The first-order chi connectivity index (χ1) is 9.19. The topological polar surface area (TPSA) is 47.0 Å². The van der Waals surface area contributed by atoms with Crippen molar-refractivity contribution in [2.75, 3.05) is 11.9 Å². The predicted molar refractivity (Wildman–Crippen MR) is 79.7 cm³/mol. The highest BCUT2D eigenvalue weighted by Crippen LogP contribution is 2.23. The van der Waals surface area contributed by atoms with Crippen LogP contribution in [0.2, 0.25) is 5.02 Å². The Morgan fingerprint density at radius 3 is 3.00 bits per heavy atom. The molecule has 0 saturated heterocycles. The van der Waals surface area contributed by atoms with E-state index in [1.807, 2.05) is 31.2 Å². The molecule has 1 N–H and O–H groups in total. The zero-order valence-electron chi connectivity index (χ0n) is 10.4. The lowest BCUT2D eigenvalue weighted by Gasteiger charge is -2.09. The van der Waals surface area contributed by atoms with Crippen molar-refractivity contribution >= 4 is 33.5 Å². The summed E-state index contributed by atoms with van der Waals surface area (Å²) in [6.07, 6.45) is 1.53. The number of anilines is 1. The Kier molecular flexibility index (Phi) is 4.99. The van der Waals surface area contributed by atoms with Gasteiger partial charge in [-0.3, -0.25) is 0 Å². The Balaban J connectivity index is 2.08. The number of aromatic nitrogens is 2. The maximum Gasteiger partial charge on any atom is 0.237 e. The third-order valence-electron chi connectivity index (χ3n) is 2.31. The molecule has 1 aromatic heterocycles. The summed E-state index contributed by atoms with van der Waals surface area (Å²) < 4.78 is 6.63. The van der Waals surface area contributed by atoms with Gasteiger partial charge in [-0.05, 0) is 24.6 Å². The summed E-state index contributed by atoms with van der Waals surface area (Å²) in [5.41, 5.74) is 1.04. The number of nitrogens with zero attached hydrogens (tertiary/aromatic N) is 2. The van der Waals surface area contributed by atoms with Crippen molar-refractivity contribution in [2.24, 2.45) is 0 Å². The first-order valence-corrected chi connectivity index (χ1v) is 7.00. The van der Waals surface area contributed by atoms with E-state index in [9.17, 15) is 0 Å². The van der Waals surface area contributed by atoms with Gasteiger partial charge < -0.3 is 10.1 Å². The van der Waals surface area contributed by atoms with Crippen molar-refractivity contribution in [3.8, 4) is 5.88 Å². The Bertz CT molecular complexity index is 565. The van der Waals surface area contributed by atoms with Gasteiger partial charge in [0.1, 0.15) is 11.6 Å². The average molecular weight is 343 g/mol. The lowest BCUT2D eigenvalue weighted by molar-refractivity contribution is 0.294. The fourth-order valence-corrected chi connectivity index (χ4v) is 2.07. The van der Waals surface area contributed by atoms with Crippen LogP contribution in [0.5, 0.6) is 5.88 Å². The molecule has 0 aliphatic heterocycles. The maximum absolute atomic E-state index is 6.01. The number of benzene rings is 1. The molecule has 0 saturated carbocycles. The van der Waals surface area contributed by atoms with Crippen molar-refractivity contribution in [3.05, 3.63) is 45.5 Å². The molecule has 1 heterocycles. The van der Waals surface area contributed by atoms with Gasteiger partial charge in [0.25, 0.3) is 0 Å². The number of hydrogen-bond acceptors (Lipinski definition) is 4. The first-order valence-electron chi connectivity index (χ1n) is 5.82. The summed E-state index contributed by atoms with van der Waals surface area (Å²) in [7, 11) is 0. The fourth-order valence-electron chi connectivity index (χ4n) is 1.47. The van der Waals surface area contributed by atoms with Crippen LogP contribution in [-0.4, -0.2) is 16.5 Å². The lowest BCUT2D eigenvalue weighted by atomic mass is 10.2. The van der Waals surface area contributed by atoms with Crippen LogP contribution >= 0.6 is 27.5 Å². The molecule has 0 unspecified atom stereocenters. The molecular weight excluding hydrogens is 330 g/mol. The van der Waals surface area contributed by atoms with Crippen LogP contribution in [-0.2, 0) is 6.61 Å². The molecule has 0 bridgehead atoms. The van der Waals surface area contributed by atoms with E-state index < -0.39 is 0 Å². The number of ether oxygens (including phenoxy) is 1.